The van der Waals surface area contributed by atoms with Crippen molar-refractivity contribution >= 4 is 17.5 Å². The number of rotatable bonds is 4. The first-order valence-electron chi connectivity index (χ1n) is 8.65. The van der Waals surface area contributed by atoms with Gasteiger partial charge >= 0.3 is 6.09 Å². The van der Waals surface area contributed by atoms with Crippen LogP contribution in [0.25, 0.3) is 0 Å². The van der Waals surface area contributed by atoms with Gasteiger partial charge in [-0.15, -0.1) is 0 Å². The third-order valence-electron chi connectivity index (χ3n) is 4.90. The summed E-state index contributed by atoms with van der Waals surface area (Å²) in [7, 11) is 0. The quantitative estimate of drug-likeness (QED) is 0.855. The lowest BCUT2D eigenvalue weighted by Crippen LogP contribution is -2.48. The Morgan fingerprint density at radius 3 is 2.22 bits per heavy atom. The predicted molar refractivity (Wildman–Crippen MR) is 93.3 cm³/mol. The largest absolute Gasteiger partial charge is 0.444 e. The molecule has 1 aromatic carbocycles. The monoisotopic (exact) mass is 317 g/mol. The molecule has 23 heavy (non-hydrogen) atoms. The van der Waals surface area contributed by atoms with Crippen LogP contribution in [-0.2, 0) is 4.74 Å². The van der Waals surface area contributed by atoms with Gasteiger partial charge in [0.1, 0.15) is 6.10 Å². The number of hydrogen-bond acceptors (Lipinski definition) is 4. The van der Waals surface area contributed by atoms with E-state index in [1.54, 1.807) is 4.90 Å². The fraction of sp³-hybridized carbons (Fsp3) is 0.611. The van der Waals surface area contributed by atoms with Crippen molar-refractivity contribution in [2.45, 2.75) is 39.3 Å². The van der Waals surface area contributed by atoms with Gasteiger partial charge in [-0.2, -0.15) is 0 Å². The minimum Gasteiger partial charge on any atom is -0.444 e. The van der Waals surface area contributed by atoms with Gasteiger partial charge in [0.05, 0.1) is 6.54 Å². The first-order chi connectivity index (χ1) is 11.1. The Labute approximate surface area is 138 Å². The van der Waals surface area contributed by atoms with Crippen molar-refractivity contribution in [1.29, 1.82) is 0 Å². The molecule has 2 aliphatic heterocycles. The van der Waals surface area contributed by atoms with E-state index in [1.807, 2.05) is 19.1 Å². The van der Waals surface area contributed by atoms with Gasteiger partial charge in [0.25, 0.3) is 0 Å². The summed E-state index contributed by atoms with van der Waals surface area (Å²) in [4.78, 5) is 18.6. The lowest BCUT2D eigenvalue weighted by molar-refractivity contribution is 0.139. The average molecular weight is 317 g/mol. The number of piperazine rings is 1. The fourth-order valence-corrected chi connectivity index (χ4v) is 3.28. The molecule has 0 N–H and O–H groups in total. The predicted octanol–water partition coefficient (Wildman–Crippen LogP) is 2.95. The lowest BCUT2D eigenvalue weighted by atomic mass is 10.2. The van der Waals surface area contributed by atoms with E-state index in [0.717, 1.165) is 38.3 Å². The maximum Gasteiger partial charge on any atom is 0.414 e. The molecule has 0 spiro atoms. The summed E-state index contributed by atoms with van der Waals surface area (Å²) in [6.45, 7) is 11.5. The molecule has 0 radical (unpaired) electrons. The molecule has 2 heterocycles. The third-order valence-corrected chi connectivity index (χ3v) is 4.90. The number of benzene rings is 1. The summed E-state index contributed by atoms with van der Waals surface area (Å²) >= 11 is 0. The zero-order valence-electron chi connectivity index (χ0n) is 14.4. The lowest BCUT2D eigenvalue weighted by Gasteiger charge is -2.38. The maximum atomic E-state index is 11.9. The van der Waals surface area contributed by atoms with Crippen molar-refractivity contribution in [3.8, 4) is 0 Å². The van der Waals surface area contributed by atoms with Crippen LogP contribution in [0.2, 0.25) is 0 Å². The molecule has 1 aromatic rings. The molecule has 0 aromatic heterocycles. The highest BCUT2D eigenvalue weighted by atomic mass is 16.6. The highest BCUT2D eigenvalue weighted by molar-refractivity contribution is 5.89. The average Bonchev–Trinajstić information content (AvgIpc) is 2.96. The summed E-state index contributed by atoms with van der Waals surface area (Å²) in [5.41, 5.74) is 2.16. The molecule has 1 atom stereocenters. The number of carbonyl (C=O) groups is 1. The Hall–Kier alpha value is -1.75. The highest BCUT2D eigenvalue weighted by Gasteiger charge is 2.31. The number of hydrogen-bond donors (Lipinski definition) is 0. The molecule has 0 saturated carbocycles. The third kappa shape index (κ3) is 3.44. The van der Waals surface area contributed by atoms with Gasteiger partial charge in [-0.3, -0.25) is 9.80 Å². The summed E-state index contributed by atoms with van der Waals surface area (Å²) < 4.78 is 5.33. The number of ether oxygens (including phenoxy) is 1. The summed E-state index contributed by atoms with van der Waals surface area (Å²) in [5.74, 6) is 0. The van der Waals surface area contributed by atoms with Gasteiger partial charge in [0.2, 0.25) is 0 Å². The Morgan fingerprint density at radius 1 is 1.09 bits per heavy atom. The van der Waals surface area contributed by atoms with E-state index in [1.165, 1.54) is 5.69 Å². The van der Waals surface area contributed by atoms with E-state index in [2.05, 4.69) is 35.8 Å². The maximum absolute atomic E-state index is 11.9. The van der Waals surface area contributed by atoms with Crippen LogP contribution in [0.1, 0.15) is 27.2 Å². The zero-order valence-corrected chi connectivity index (χ0v) is 14.4. The molecule has 2 saturated heterocycles. The Balaban J connectivity index is 1.63. The topological polar surface area (TPSA) is 36.0 Å². The minimum absolute atomic E-state index is 0.0197. The van der Waals surface area contributed by atoms with Gasteiger partial charge in [-0.25, -0.2) is 4.79 Å². The second-order valence-corrected chi connectivity index (χ2v) is 6.66. The van der Waals surface area contributed by atoms with Gasteiger partial charge in [-0.05, 0) is 44.5 Å². The molecule has 2 fully saturated rings. The van der Waals surface area contributed by atoms with E-state index in [9.17, 15) is 4.79 Å². The molecule has 0 aliphatic carbocycles. The molecule has 126 valence electrons. The molecule has 0 bridgehead atoms. The molecule has 5 heteroatoms. The van der Waals surface area contributed by atoms with E-state index < -0.39 is 0 Å². The molecule has 1 amide bonds. The number of anilines is 2. The van der Waals surface area contributed by atoms with Crippen LogP contribution in [-0.4, -0.2) is 55.9 Å². The van der Waals surface area contributed by atoms with Crippen molar-refractivity contribution in [1.82, 2.24) is 4.90 Å². The summed E-state index contributed by atoms with van der Waals surface area (Å²) in [6, 6.07) is 8.92. The Kier molecular flexibility index (Phi) is 4.76. The first kappa shape index (κ1) is 16.1. The van der Waals surface area contributed by atoms with Crippen LogP contribution in [0.5, 0.6) is 0 Å². The Morgan fingerprint density at radius 2 is 1.70 bits per heavy atom. The molecule has 5 nitrogen and oxygen atoms in total. The van der Waals surface area contributed by atoms with Crippen LogP contribution in [0.4, 0.5) is 16.2 Å². The van der Waals surface area contributed by atoms with Crippen LogP contribution in [0.15, 0.2) is 24.3 Å². The van der Waals surface area contributed by atoms with Crippen molar-refractivity contribution < 1.29 is 9.53 Å². The van der Waals surface area contributed by atoms with Gasteiger partial charge in [-0.1, -0.05) is 6.92 Å². The second kappa shape index (κ2) is 6.79. The van der Waals surface area contributed by atoms with Crippen LogP contribution < -0.4 is 9.80 Å². The fourth-order valence-electron chi connectivity index (χ4n) is 3.28. The van der Waals surface area contributed by atoms with Crippen molar-refractivity contribution in [2.75, 3.05) is 42.5 Å². The van der Waals surface area contributed by atoms with Crippen molar-refractivity contribution in [2.24, 2.45) is 0 Å². The minimum atomic E-state index is -0.227. The van der Waals surface area contributed by atoms with Crippen molar-refractivity contribution in [3.05, 3.63) is 24.3 Å². The standard InChI is InChI=1S/C18H27N3O2/c1-4-17-13-21(18(22)23-17)16-7-5-15(6-8-16)20-11-9-19(10-12-20)14(2)3/h5-8,14,17H,4,9-13H2,1-3H3. The Bertz CT molecular complexity index is 536. The van der Waals surface area contributed by atoms with Crippen molar-refractivity contribution in [3.63, 3.8) is 0 Å². The smallest absolute Gasteiger partial charge is 0.414 e. The van der Waals surface area contributed by atoms with E-state index >= 15 is 0 Å². The first-order valence-corrected chi connectivity index (χ1v) is 8.65. The molecule has 3 rings (SSSR count). The number of amides is 1. The molecular formula is C18H27N3O2. The van der Waals surface area contributed by atoms with E-state index in [-0.39, 0.29) is 12.2 Å². The zero-order chi connectivity index (χ0) is 16.4. The summed E-state index contributed by atoms with van der Waals surface area (Å²) in [6.07, 6.45) is 0.655. The van der Waals surface area contributed by atoms with Crippen LogP contribution in [0.3, 0.4) is 0 Å². The molecule has 2 aliphatic rings. The number of nitrogens with zero attached hydrogens (tertiary/aromatic N) is 3. The molecular weight excluding hydrogens is 290 g/mol. The normalized spacial score (nSPS) is 22.8. The summed E-state index contributed by atoms with van der Waals surface area (Å²) in [5, 5.41) is 0. The number of cyclic esters (lactones) is 1. The van der Waals surface area contributed by atoms with Gasteiger partial charge in [0.15, 0.2) is 0 Å². The van der Waals surface area contributed by atoms with Gasteiger partial charge in [0, 0.05) is 43.6 Å². The highest BCUT2D eigenvalue weighted by Crippen LogP contribution is 2.26. The molecule has 1 unspecified atom stereocenters. The van der Waals surface area contributed by atoms with E-state index in [0.29, 0.717) is 12.6 Å². The SMILES string of the molecule is CCC1CN(c2ccc(N3CCN(C(C)C)CC3)cc2)C(=O)O1. The van der Waals surface area contributed by atoms with E-state index in [4.69, 9.17) is 4.74 Å². The number of carbonyl (C=O) groups excluding carboxylic acids is 1. The second-order valence-electron chi connectivity index (χ2n) is 6.66. The van der Waals surface area contributed by atoms with Gasteiger partial charge < -0.3 is 9.64 Å². The van der Waals surface area contributed by atoms with Crippen LogP contribution in [0, 0.1) is 0 Å². The van der Waals surface area contributed by atoms with Crippen LogP contribution >= 0.6 is 0 Å².